The Balaban J connectivity index is 2.42. The first-order valence-electron chi connectivity index (χ1n) is 6.80. The number of benzene rings is 2. The average Bonchev–Trinajstić information content (AvgIpc) is 2.56. The third-order valence-corrected chi connectivity index (χ3v) is 3.47. The van der Waals surface area contributed by atoms with E-state index in [0.717, 1.165) is 16.9 Å². The summed E-state index contributed by atoms with van der Waals surface area (Å²) in [5.41, 5.74) is 2.10. The van der Waals surface area contributed by atoms with Crippen molar-refractivity contribution in [3.8, 4) is 5.75 Å². The van der Waals surface area contributed by atoms with Crippen LogP contribution in [-0.4, -0.2) is 32.1 Å². The molecule has 0 aliphatic rings. The normalized spacial score (nSPS) is 11.6. The van der Waals surface area contributed by atoms with Gasteiger partial charge < -0.3 is 15.0 Å². The van der Waals surface area contributed by atoms with Gasteiger partial charge in [-0.2, -0.15) is 0 Å². The largest absolute Gasteiger partial charge is 0.497 e. The fourth-order valence-electron chi connectivity index (χ4n) is 2.35. The summed E-state index contributed by atoms with van der Waals surface area (Å²) in [7, 11) is 5.07. The molecule has 0 aromatic heterocycles. The zero-order chi connectivity index (χ0) is 15.2. The van der Waals surface area contributed by atoms with Crippen molar-refractivity contribution < 1.29 is 9.53 Å². The van der Waals surface area contributed by atoms with Gasteiger partial charge in [-0.25, -0.2) is 4.79 Å². The number of urea groups is 1. The van der Waals surface area contributed by atoms with E-state index < -0.39 is 0 Å². The lowest BCUT2D eigenvalue weighted by molar-refractivity contribution is 0.200. The standard InChI is InChI=1S/C17H20N2O2/c1-18-17(20)19(2)16(13-7-5-4-6-8-13)14-9-11-15(21-3)12-10-14/h4-12,16H,1-3H3,(H,18,20). The van der Waals surface area contributed by atoms with Crippen molar-refractivity contribution in [2.45, 2.75) is 6.04 Å². The Morgan fingerprint density at radius 3 is 2.14 bits per heavy atom. The van der Waals surface area contributed by atoms with E-state index in [0.29, 0.717) is 0 Å². The highest BCUT2D eigenvalue weighted by Crippen LogP contribution is 2.28. The minimum absolute atomic E-state index is 0.125. The molecule has 1 N–H and O–H groups in total. The number of methoxy groups -OCH3 is 1. The number of carbonyl (C=O) groups excluding carboxylic acids is 1. The number of amides is 2. The first-order chi connectivity index (χ1) is 10.2. The summed E-state index contributed by atoms with van der Waals surface area (Å²) in [5, 5.41) is 2.67. The lowest BCUT2D eigenvalue weighted by Crippen LogP contribution is -2.38. The predicted octanol–water partition coefficient (Wildman–Crippen LogP) is 3.06. The smallest absolute Gasteiger partial charge is 0.317 e. The molecule has 1 unspecified atom stereocenters. The van der Waals surface area contributed by atoms with Gasteiger partial charge in [0, 0.05) is 14.1 Å². The number of rotatable bonds is 4. The van der Waals surface area contributed by atoms with Gasteiger partial charge >= 0.3 is 6.03 Å². The molecule has 21 heavy (non-hydrogen) atoms. The Morgan fingerprint density at radius 1 is 1.05 bits per heavy atom. The van der Waals surface area contributed by atoms with Crippen molar-refractivity contribution in [2.24, 2.45) is 0 Å². The Labute approximate surface area is 125 Å². The molecular formula is C17H20N2O2. The van der Waals surface area contributed by atoms with Gasteiger partial charge in [0.1, 0.15) is 5.75 Å². The number of nitrogens with zero attached hydrogens (tertiary/aromatic N) is 1. The highest BCUT2D eigenvalue weighted by molar-refractivity contribution is 5.74. The van der Waals surface area contributed by atoms with Crippen molar-refractivity contribution in [1.29, 1.82) is 0 Å². The maximum absolute atomic E-state index is 12.0. The van der Waals surface area contributed by atoms with Crippen LogP contribution in [0.3, 0.4) is 0 Å². The molecule has 0 heterocycles. The van der Waals surface area contributed by atoms with Crippen LogP contribution in [-0.2, 0) is 0 Å². The van der Waals surface area contributed by atoms with Crippen LogP contribution < -0.4 is 10.1 Å². The summed E-state index contributed by atoms with van der Waals surface area (Å²) in [4.78, 5) is 13.7. The summed E-state index contributed by atoms with van der Waals surface area (Å²) in [5.74, 6) is 0.799. The number of ether oxygens (including phenoxy) is 1. The van der Waals surface area contributed by atoms with E-state index in [-0.39, 0.29) is 12.1 Å². The fourth-order valence-corrected chi connectivity index (χ4v) is 2.35. The number of carbonyl (C=O) groups is 1. The molecule has 0 radical (unpaired) electrons. The minimum atomic E-state index is -0.142. The molecule has 0 saturated carbocycles. The second kappa shape index (κ2) is 6.79. The van der Waals surface area contributed by atoms with Crippen molar-refractivity contribution in [1.82, 2.24) is 10.2 Å². The molecule has 4 nitrogen and oxygen atoms in total. The molecule has 0 aliphatic heterocycles. The van der Waals surface area contributed by atoms with Crippen LogP contribution in [0.5, 0.6) is 5.75 Å². The Morgan fingerprint density at radius 2 is 1.62 bits per heavy atom. The molecule has 0 spiro atoms. The van der Waals surface area contributed by atoms with Crippen LogP contribution in [0.25, 0.3) is 0 Å². The molecule has 2 aromatic carbocycles. The molecule has 0 bridgehead atoms. The fraction of sp³-hybridized carbons (Fsp3) is 0.235. The van der Waals surface area contributed by atoms with E-state index in [9.17, 15) is 4.79 Å². The van der Waals surface area contributed by atoms with Crippen LogP contribution in [0.2, 0.25) is 0 Å². The summed E-state index contributed by atoms with van der Waals surface area (Å²) >= 11 is 0. The van der Waals surface area contributed by atoms with E-state index in [4.69, 9.17) is 4.74 Å². The summed E-state index contributed by atoms with van der Waals surface area (Å²) in [6, 6.07) is 17.5. The van der Waals surface area contributed by atoms with Crippen molar-refractivity contribution in [3.05, 3.63) is 65.7 Å². The third kappa shape index (κ3) is 3.34. The molecule has 2 amide bonds. The summed E-state index contributed by atoms with van der Waals surface area (Å²) < 4.78 is 5.19. The monoisotopic (exact) mass is 284 g/mol. The molecular weight excluding hydrogens is 264 g/mol. The zero-order valence-electron chi connectivity index (χ0n) is 12.5. The minimum Gasteiger partial charge on any atom is -0.497 e. The van der Waals surface area contributed by atoms with Crippen molar-refractivity contribution in [2.75, 3.05) is 21.2 Å². The first-order valence-corrected chi connectivity index (χ1v) is 6.80. The molecule has 2 aromatic rings. The van der Waals surface area contributed by atoms with Gasteiger partial charge in [0.15, 0.2) is 0 Å². The maximum atomic E-state index is 12.0. The van der Waals surface area contributed by atoms with E-state index in [1.54, 1.807) is 26.1 Å². The number of hydrogen-bond acceptors (Lipinski definition) is 2. The van der Waals surface area contributed by atoms with Gasteiger partial charge in [-0.05, 0) is 23.3 Å². The average molecular weight is 284 g/mol. The Kier molecular flexibility index (Phi) is 4.82. The first kappa shape index (κ1) is 14.9. The second-order valence-electron chi connectivity index (χ2n) is 4.75. The molecule has 1 atom stereocenters. The predicted molar refractivity (Wildman–Crippen MR) is 83.5 cm³/mol. The quantitative estimate of drug-likeness (QED) is 0.937. The molecule has 0 fully saturated rings. The van der Waals surface area contributed by atoms with Gasteiger partial charge in [-0.15, -0.1) is 0 Å². The number of hydrogen-bond donors (Lipinski definition) is 1. The van der Waals surface area contributed by atoms with E-state index in [1.807, 2.05) is 54.6 Å². The summed E-state index contributed by atoms with van der Waals surface area (Å²) in [6.45, 7) is 0. The topological polar surface area (TPSA) is 41.6 Å². The van der Waals surface area contributed by atoms with Gasteiger partial charge in [0.2, 0.25) is 0 Å². The van der Waals surface area contributed by atoms with E-state index in [2.05, 4.69) is 5.32 Å². The molecule has 0 aliphatic carbocycles. The van der Waals surface area contributed by atoms with E-state index >= 15 is 0 Å². The van der Waals surface area contributed by atoms with Gasteiger partial charge in [0.25, 0.3) is 0 Å². The van der Waals surface area contributed by atoms with Crippen LogP contribution >= 0.6 is 0 Å². The highest BCUT2D eigenvalue weighted by atomic mass is 16.5. The molecule has 2 rings (SSSR count). The molecule has 110 valence electrons. The van der Waals surface area contributed by atoms with Crippen LogP contribution in [0.4, 0.5) is 4.79 Å². The van der Waals surface area contributed by atoms with Crippen LogP contribution in [0.15, 0.2) is 54.6 Å². The van der Waals surface area contributed by atoms with Gasteiger partial charge in [0.05, 0.1) is 13.2 Å². The van der Waals surface area contributed by atoms with E-state index in [1.165, 1.54) is 0 Å². The lowest BCUT2D eigenvalue weighted by atomic mass is 9.97. The third-order valence-electron chi connectivity index (χ3n) is 3.47. The number of nitrogens with one attached hydrogen (secondary N) is 1. The Hall–Kier alpha value is -2.49. The summed E-state index contributed by atoms with van der Waals surface area (Å²) in [6.07, 6.45) is 0. The lowest BCUT2D eigenvalue weighted by Gasteiger charge is -2.29. The SMILES string of the molecule is CNC(=O)N(C)C(c1ccccc1)c1ccc(OC)cc1. The zero-order valence-corrected chi connectivity index (χ0v) is 12.5. The van der Waals surface area contributed by atoms with Gasteiger partial charge in [-0.3, -0.25) is 0 Å². The van der Waals surface area contributed by atoms with Crippen LogP contribution in [0.1, 0.15) is 17.2 Å². The highest BCUT2D eigenvalue weighted by Gasteiger charge is 2.22. The van der Waals surface area contributed by atoms with Crippen LogP contribution in [0, 0.1) is 0 Å². The molecule has 4 heteroatoms. The van der Waals surface area contributed by atoms with Gasteiger partial charge in [-0.1, -0.05) is 42.5 Å². The van der Waals surface area contributed by atoms with Crippen molar-refractivity contribution >= 4 is 6.03 Å². The Bertz CT molecular complexity index is 581. The maximum Gasteiger partial charge on any atom is 0.317 e. The second-order valence-corrected chi connectivity index (χ2v) is 4.75. The van der Waals surface area contributed by atoms with Crippen molar-refractivity contribution in [3.63, 3.8) is 0 Å². The molecule has 0 saturated heterocycles.